The third-order valence-electron chi connectivity index (χ3n) is 16.8. The number of ketones is 1. The fourth-order valence-electron chi connectivity index (χ4n) is 11.8. The number of ether oxygens (including phenoxy) is 10. The Balaban J connectivity index is 0.00000142. The van der Waals surface area contributed by atoms with Crippen LogP contribution in [0.2, 0.25) is 0 Å². The van der Waals surface area contributed by atoms with E-state index in [1.54, 1.807) is 26.0 Å². The number of cyclic esters (lactones) is 2. The van der Waals surface area contributed by atoms with E-state index in [0.29, 0.717) is 34.5 Å². The van der Waals surface area contributed by atoms with Crippen molar-refractivity contribution in [1.82, 2.24) is 16.0 Å². The van der Waals surface area contributed by atoms with Crippen molar-refractivity contribution in [3.05, 3.63) is 221 Å². The summed E-state index contributed by atoms with van der Waals surface area (Å²) >= 11 is 0. The number of dihydropyridines is 3. The van der Waals surface area contributed by atoms with Crippen LogP contribution < -0.4 is 130 Å². The molecule has 0 saturated carbocycles. The first kappa shape index (κ1) is 105. The number of aldehydes is 1. The Hall–Kier alpha value is -9.28. The molecule has 3 atom stereocenters. The number of halogens is 4. The zero-order valence-corrected chi connectivity index (χ0v) is 73.3. The van der Waals surface area contributed by atoms with Crippen LogP contribution in [0.5, 0.6) is 0 Å². The molecule has 0 bridgehead atoms. The molecule has 0 saturated heterocycles. The maximum atomic E-state index is 14.0. The van der Waals surface area contributed by atoms with E-state index in [1.165, 1.54) is 42.3 Å². The van der Waals surface area contributed by atoms with Crippen LogP contribution in [0.4, 0.5) is 17.6 Å². The van der Waals surface area contributed by atoms with E-state index in [2.05, 4.69) is 35.0 Å². The van der Waals surface area contributed by atoms with Crippen molar-refractivity contribution in [2.45, 2.75) is 105 Å². The van der Waals surface area contributed by atoms with Crippen molar-refractivity contribution in [1.29, 1.82) is 0 Å². The second-order valence-corrected chi connectivity index (χ2v) is 23.8. The fourth-order valence-corrected chi connectivity index (χ4v) is 11.8. The Morgan fingerprint density at radius 2 is 0.879 bits per heavy atom. The van der Waals surface area contributed by atoms with Crippen molar-refractivity contribution in [3.63, 3.8) is 0 Å². The topological polar surface area (TPSA) is 409 Å². The molecule has 0 fully saturated rings. The predicted molar refractivity (Wildman–Crippen MR) is 399 cm³/mol. The number of hydrogen-bond acceptors (Lipinski definition) is 29. The Kier molecular flexibility index (Phi) is 50.7. The van der Waals surface area contributed by atoms with Crippen LogP contribution in [0, 0.1) is 0 Å². The van der Waals surface area contributed by atoms with E-state index in [1.807, 2.05) is 113 Å². The molecule has 9 rings (SSSR count). The van der Waals surface area contributed by atoms with Gasteiger partial charge in [0.05, 0.1) is 127 Å². The van der Waals surface area contributed by atoms with Gasteiger partial charge in [0.1, 0.15) is 59.2 Å². The van der Waals surface area contributed by atoms with Gasteiger partial charge >= 0.3 is 162 Å². The standard InChI is InChI=1S/C22H26FNO6.2C18H18FNO4.C9H10O.C8H12O5.C5H8FNO2.CH2O3.2K.H/c1-5-14-9-7-8-10-15(14)18-19(21(26)28-4)16(11-23)24-17(12-30-13(3)25)20(18)22(27)29-6-2;2*1-3-10-6-4-5-7-11(10)14-15(17(21)23-2)12(8-19)20-13-9-24-18(22)16(13)14;1-2-8-5-3-4-6-9(8)7-10;1-3-12-8(11)4-7(10)5-13-6(2)9;1-9-5(8)2-4(7)3-6;2-1-4-3;;;/h7-10,18,24H,5-6,11-12H2,1-4H3;2*4-7,14,20H,3,8-9H2,1-2H3;3-7H,2H2,1H3;3-5H2,1-2H3;2H,3,7H2,1H3;1,3H;;;/q;;;;;;;2*+1;-1/p-1/b;;;;;4-2-;;;;/t;2*14-;;;;;;;/m.10......./s1. The zero-order chi connectivity index (χ0) is 85.1. The zero-order valence-electron chi connectivity index (χ0n) is 68.1. The minimum absolute atomic E-state index is 0. The normalized spacial score (nSPS) is 15.2. The SMILES string of the molecule is CCOC(=O)C1=C(COC(C)=O)NC(CF)=C(C(=O)OC)C1c1ccccc1CC.CCOC(=O)CC(=O)COC(C)=O.CCc1ccccc1C=O.CCc1ccccc1[C@@H]1C(C(=O)OC)=C(CF)NC2=C1C(=O)OC2.CCc1ccccc1[C@H]1C(C(=O)OC)=C(CF)NC2=C1C(=O)OC2.COC(=O)/C=C(\N)CF.O=CO[O-].[H-].[K+].[K+]. The van der Waals surface area contributed by atoms with Crippen LogP contribution in [0.1, 0.15) is 130 Å². The number of hydrogen-bond donors (Lipinski definition) is 4. The molecule has 0 aliphatic carbocycles. The molecular weight excluding hydrogens is 1580 g/mol. The van der Waals surface area contributed by atoms with Gasteiger partial charge < -0.3 is 80.6 Å². The smallest absolute Gasteiger partial charge is 1.00 e. The monoisotopic (exact) mass is 1680 g/mol. The number of rotatable bonds is 26. The predicted octanol–water partition coefficient (Wildman–Crippen LogP) is 1.66. The van der Waals surface area contributed by atoms with Crippen molar-refractivity contribution in [3.8, 4) is 0 Å². The van der Waals surface area contributed by atoms with E-state index < -0.39 is 110 Å². The number of Topliss-reactive ketones (excluding diaryl/α,β-unsaturated/α-hetero) is 1. The number of alkyl halides is 4. The van der Waals surface area contributed by atoms with Crippen LogP contribution in [0.15, 0.2) is 176 Å². The molecule has 116 heavy (non-hydrogen) atoms. The average Bonchev–Trinajstić information content (AvgIpc) is 1.44. The molecule has 0 spiro atoms. The van der Waals surface area contributed by atoms with E-state index in [9.17, 15) is 75.1 Å². The third kappa shape index (κ3) is 30.7. The molecule has 0 amide bonds. The van der Waals surface area contributed by atoms with Crippen LogP contribution >= 0.6 is 0 Å². The Bertz CT molecular complexity index is 4240. The fraction of sp³-hybridized carbons (Fsp3) is 0.370. The van der Waals surface area contributed by atoms with Crippen molar-refractivity contribution < 1.29 is 242 Å². The van der Waals surface area contributed by atoms with Crippen molar-refractivity contribution >= 4 is 78.2 Å². The molecule has 1 unspecified atom stereocenters. The number of allylic oxidation sites excluding steroid dienone is 4. The Morgan fingerprint density at radius 3 is 1.22 bits per heavy atom. The largest absolute Gasteiger partial charge is 1.00 e. The Morgan fingerprint density at radius 1 is 0.509 bits per heavy atom. The summed E-state index contributed by atoms with van der Waals surface area (Å²) in [5.74, 6) is -8.88. The number of methoxy groups -OCH3 is 4. The second-order valence-electron chi connectivity index (χ2n) is 23.8. The number of carbonyl (C=O) groups excluding carboxylic acids is 13. The molecule has 0 aromatic heterocycles. The summed E-state index contributed by atoms with van der Waals surface area (Å²) < 4.78 is 101. The Labute approximate surface area is 755 Å². The number of nitrogens with one attached hydrogen (secondary N) is 3. The number of esters is 10. The van der Waals surface area contributed by atoms with Gasteiger partial charge in [-0.15, -0.1) is 0 Å². The molecule has 5 aliphatic rings. The van der Waals surface area contributed by atoms with E-state index in [-0.39, 0.29) is 208 Å². The molecule has 4 aromatic carbocycles. The maximum absolute atomic E-state index is 14.0. The summed E-state index contributed by atoms with van der Waals surface area (Å²) in [6, 6.07) is 29.9. The number of carbonyl (C=O) groups is 13. The quantitative estimate of drug-likeness (QED) is 0.00799. The van der Waals surface area contributed by atoms with Gasteiger partial charge in [0.2, 0.25) is 0 Å². The average molecular weight is 1680 g/mol. The van der Waals surface area contributed by atoms with E-state index in [0.717, 1.165) is 70.6 Å². The van der Waals surface area contributed by atoms with Crippen LogP contribution in [0.25, 0.3) is 0 Å². The van der Waals surface area contributed by atoms with Crippen LogP contribution in [-0.4, -0.2) is 173 Å². The van der Waals surface area contributed by atoms with Gasteiger partial charge in [0, 0.05) is 31.2 Å². The van der Waals surface area contributed by atoms with Crippen LogP contribution in [-0.2, 0) is 135 Å². The molecule has 4 aromatic rings. The molecular formula is C81H94F4K2N4O25. The summed E-state index contributed by atoms with van der Waals surface area (Å²) in [6.07, 6.45) is 4.44. The van der Waals surface area contributed by atoms with Gasteiger partial charge in [0.15, 0.2) is 12.4 Å². The van der Waals surface area contributed by atoms with Gasteiger partial charge in [-0.1, -0.05) is 125 Å². The van der Waals surface area contributed by atoms with Gasteiger partial charge in [-0.3, -0.25) is 28.8 Å². The first-order valence-corrected chi connectivity index (χ1v) is 35.3. The number of nitrogens with two attached hydrogens (primary N) is 1. The number of benzene rings is 4. The van der Waals surface area contributed by atoms with Crippen LogP contribution in [0.3, 0.4) is 0 Å². The first-order chi connectivity index (χ1) is 54.7. The van der Waals surface area contributed by atoms with Crippen molar-refractivity contribution in [2.75, 3.05) is 94.8 Å². The molecule has 5 aliphatic heterocycles. The molecule has 618 valence electrons. The molecule has 5 N–H and O–H groups in total. The summed E-state index contributed by atoms with van der Waals surface area (Å²) in [5.41, 5.74) is 14.2. The maximum Gasteiger partial charge on any atom is 1.00 e. The minimum atomic E-state index is -1.01. The summed E-state index contributed by atoms with van der Waals surface area (Å²) in [7, 11) is 4.87. The molecule has 35 heteroatoms. The molecule has 5 heterocycles. The van der Waals surface area contributed by atoms with Crippen molar-refractivity contribution in [2.24, 2.45) is 5.73 Å². The summed E-state index contributed by atoms with van der Waals surface area (Å²) in [4.78, 5) is 150. The van der Waals surface area contributed by atoms with Gasteiger partial charge in [0.25, 0.3) is 6.47 Å². The third-order valence-corrected chi connectivity index (χ3v) is 16.8. The summed E-state index contributed by atoms with van der Waals surface area (Å²) in [5, 5.41) is 16.9. The first-order valence-electron chi connectivity index (χ1n) is 35.3. The summed E-state index contributed by atoms with van der Waals surface area (Å²) in [6.45, 7) is 9.71. The van der Waals surface area contributed by atoms with Gasteiger partial charge in [-0.25, -0.2) is 51.1 Å². The molecule has 0 radical (unpaired) electrons. The van der Waals surface area contributed by atoms with E-state index >= 15 is 0 Å². The van der Waals surface area contributed by atoms with Gasteiger partial charge in [-0.05, 0) is 78.5 Å². The van der Waals surface area contributed by atoms with E-state index in [4.69, 9.17) is 48.9 Å². The minimum Gasteiger partial charge on any atom is -1.00 e. The van der Waals surface area contributed by atoms with Gasteiger partial charge in [-0.2, -0.15) is 0 Å². The molecule has 29 nitrogen and oxygen atoms in total. The second kappa shape index (κ2) is 56.1. The number of aryl methyl sites for hydroxylation is 4.